The van der Waals surface area contributed by atoms with Crippen molar-refractivity contribution in [2.45, 2.75) is 321 Å². The van der Waals surface area contributed by atoms with Gasteiger partial charge in [0.05, 0.1) is 39.9 Å². The maximum atomic E-state index is 13.0. The molecule has 0 fully saturated rings. The number of quaternary nitrogens is 1. The molecule has 0 saturated carbocycles. The average Bonchev–Trinajstić information content (AvgIpc) is 3.36. The normalized spacial score (nSPS) is 14.1. The van der Waals surface area contributed by atoms with Crippen LogP contribution in [0.3, 0.4) is 0 Å². The largest absolute Gasteiger partial charge is 0.756 e. The standard InChI is InChI=1S/C65H125N2O6P/c1-6-8-10-12-14-16-18-20-22-24-26-27-28-29-30-31-32-33-34-35-36-37-38-39-41-43-45-47-49-51-53-55-57-59-65(69)66-63(62-73-74(70,71)72-61-60-67(3,4)5)64(68)58-56-54-52-50-48-46-44-42-40-25-23-21-19-17-15-13-11-9-7-2/h18,20,24,26,48,50,56,58,63-64,68H,6-17,19,21-23,25,27-47,49,51-55,57,59-62H2,1-5H3,(H-,66,69,70,71)/b20-18-,26-24-,50-48+,58-56+. The Labute approximate surface area is 460 Å². The fourth-order valence-corrected chi connectivity index (χ4v) is 10.2. The Hall–Kier alpha value is -1.54. The number of aliphatic hydroxyl groups is 1. The Morgan fingerprint density at radius 2 is 0.797 bits per heavy atom. The number of nitrogens with zero attached hydrogens (tertiary/aromatic N) is 1. The number of aliphatic hydroxyl groups excluding tert-OH is 1. The van der Waals surface area contributed by atoms with E-state index in [9.17, 15) is 19.4 Å². The highest BCUT2D eigenvalue weighted by molar-refractivity contribution is 7.45. The summed E-state index contributed by atoms with van der Waals surface area (Å²) in [5, 5.41) is 13.9. The van der Waals surface area contributed by atoms with Crippen LogP contribution in [0.4, 0.5) is 0 Å². The summed E-state index contributed by atoms with van der Waals surface area (Å²) in [6, 6.07) is -0.903. The molecule has 0 bridgehead atoms. The molecule has 436 valence electrons. The van der Waals surface area contributed by atoms with Gasteiger partial charge in [-0.25, -0.2) is 0 Å². The van der Waals surface area contributed by atoms with Gasteiger partial charge in [0.25, 0.3) is 7.82 Å². The van der Waals surface area contributed by atoms with Crippen molar-refractivity contribution in [2.24, 2.45) is 0 Å². The average molecular weight is 1060 g/mol. The molecule has 0 aromatic rings. The number of amides is 1. The molecule has 0 heterocycles. The molecule has 1 amide bonds. The number of hydrogen-bond donors (Lipinski definition) is 2. The van der Waals surface area contributed by atoms with Crippen LogP contribution in [0.1, 0.15) is 309 Å². The smallest absolute Gasteiger partial charge is 0.268 e. The van der Waals surface area contributed by atoms with Crippen LogP contribution >= 0.6 is 7.82 Å². The maximum absolute atomic E-state index is 13.0. The molecular weight excluding hydrogens is 936 g/mol. The van der Waals surface area contributed by atoms with Gasteiger partial charge >= 0.3 is 0 Å². The van der Waals surface area contributed by atoms with E-state index >= 15 is 0 Å². The highest BCUT2D eigenvalue weighted by Gasteiger charge is 2.23. The molecule has 0 aliphatic rings. The molecule has 0 spiro atoms. The van der Waals surface area contributed by atoms with Gasteiger partial charge in [-0.15, -0.1) is 0 Å². The van der Waals surface area contributed by atoms with E-state index in [1.807, 2.05) is 27.2 Å². The van der Waals surface area contributed by atoms with Crippen molar-refractivity contribution >= 4 is 13.7 Å². The summed E-state index contributed by atoms with van der Waals surface area (Å²) in [4.78, 5) is 25.5. The highest BCUT2D eigenvalue weighted by atomic mass is 31.2. The summed E-state index contributed by atoms with van der Waals surface area (Å²) < 4.78 is 23.4. The van der Waals surface area contributed by atoms with E-state index in [4.69, 9.17) is 9.05 Å². The van der Waals surface area contributed by atoms with Gasteiger partial charge in [-0.05, 0) is 64.2 Å². The minimum atomic E-state index is -4.61. The lowest BCUT2D eigenvalue weighted by Gasteiger charge is -2.29. The van der Waals surface area contributed by atoms with E-state index in [-0.39, 0.29) is 12.5 Å². The van der Waals surface area contributed by atoms with Crippen LogP contribution in [-0.2, 0) is 18.4 Å². The van der Waals surface area contributed by atoms with Gasteiger partial charge in [0.1, 0.15) is 13.2 Å². The Kier molecular flexibility index (Phi) is 55.0. The van der Waals surface area contributed by atoms with Crippen LogP contribution in [-0.4, -0.2) is 68.5 Å². The lowest BCUT2D eigenvalue weighted by molar-refractivity contribution is -0.870. The van der Waals surface area contributed by atoms with Gasteiger partial charge in [-0.1, -0.05) is 287 Å². The highest BCUT2D eigenvalue weighted by Crippen LogP contribution is 2.38. The summed E-state index contributed by atoms with van der Waals surface area (Å²) in [7, 11) is 1.25. The van der Waals surface area contributed by atoms with Gasteiger partial charge in [-0.3, -0.25) is 9.36 Å². The number of allylic oxidation sites excluding steroid dienone is 7. The number of likely N-dealkylation sites (N-methyl/N-ethyl adjacent to an activating group) is 1. The molecule has 8 nitrogen and oxygen atoms in total. The topological polar surface area (TPSA) is 108 Å². The van der Waals surface area contributed by atoms with Gasteiger partial charge in [0.15, 0.2) is 0 Å². The first-order chi connectivity index (χ1) is 36.0. The van der Waals surface area contributed by atoms with Crippen LogP contribution < -0.4 is 10.2 Å². The van der Waals surface area contributed by atoms with E-state index in [1.54, 1.807) is 6.08 Å². The van der Waals surface area contributed by atoms with Crippen molar-refractivity contribution in [1.82, 2.24) is 5.32 Å². The first-order valence-corrected chi connectivity index (χ1v) is 33.5. The van der Waals surface area contributed by atoms with Crippen LogP contribution in [0.2, 0.25) is 0 Å². The molecule has 3 atom stereocenters. The number of phosphoric acid groups is 1. The van der Waals surface area contributed by atoms with Crippen LogP contribution in [0.25, 0.3) is 0 Å². The Bertz CT molecular complexity index is 1340. The molecule has 0 aromatic heterocycles. The van der Waals surface area contributed by atoms with E-state index in [2.05, 4.69) is 55.6 Å². The second kappa shape index (κ2) is 56.2. The summed E-state index contributed by atoms with van der Waals surface area (Å²) in [5.41, 5.74) is 0. The lowest BCUT2D eigenvalue weighted by atomic mass is 10.0. The number of nitrogens with one attached hydrogen (secondary N) is 1. The molecule has 74 heavy (non-hydrogen) atoms. The molecular formula is C65H125N2O6P. The summed E-state index contributed by atoms with van der Waals surface area (Å²) in [5.74, 6) is -0.202. The Morgan fingerprint density at radius 3 is 1.18 bits per heavy atom. The van der Waals surface area contributed by atoms with E-state index in [0.717, 1.165) is 44.9 Å². The zero-order valence-corrected chi connectivity index (χ0v) is 50.7. The molecule has 2 N–H and O–H groups in total. The molecule has 0 aliphatic heterocycles. The third-order valence-corrected chi connectivity index (χ3v) is 15.5. The first-order valence-electron chi connectivity index (χ1n) is 32.0. The zero-order valence-electron chi connectivity index (χ0n) is 49.8. The number of unbranched alkanes of at least 4 members (excludes halogenated alkanes) is 40. The number of hydrogen-bond acceptors (Lipinski definition) is 6. The predicted octanol–water partition coefficient (Wildman–Crippen LogP) is 19.2. The molecule has 0 rings (SSSR count). The molecule has 0 aromatic carbocycles. The maximum Gasteiger partial charge on any atom is 0.268 e. The van der Waals surface area contributed by atoms with Crippen molar-refractivity contribution in [3.63, 3.8) is 0 Å². The fraction of sp³-hybridized carbons (Fsp3) is 0.862. The van der Waals surface area contributed by atoms with Gasteiger partial charge in [0, 0.05) is 6.42 Å². The third kappa shape index (κ3) is 58.1. The molecule has 9 heteroatoms. The van der Waals surface area contributed by atoms with Crippen LogP contribution in [0.5, 0.6) is 0 Å². The predicted molar refractivity (Wildman–Crippen MR) is 321 cm³/mol. The van der Waals surface area contributed by atoms with Crippen molar-refractivity contribution in [1.29, 1.82) is 0 Å². The molecule has 0 saturated heterocycles. The van der Waals surface area contributed by atoms with Gasteiger partial charge < -0.3 is 28.8 Å². The second-order valence-corrected chi connectivity index (χ2v) is 24.5. The third-order valence-electron chi connectivity index (χ3n) is 14.5. The molecule has 0 radical (unpaired) electrons. The van der Waals surface area contributed by atoms with Crippen LogP contribution in [0.15, 0.2) is 48.6 Å². The SMILES string of the molecule is CCCCCCC/C=C\C/C=C\CCCCCCCCCCCCCCCCCCCCCCCC(=O)NC(COP(=O)([O-])OCC[N+](C)(C)C)C(O)/C=C/CC/C=C/CCCCCCCCCCCCCCC. The van der Waals surface area contributed by atoms with Crippen molar-refractivity contribution in [3.8, 4) is 0 Å². The number of phosphoric ester groups is 1. The van der Waals surface area contributed by atoms with E-state index in [1.165, 1.54) is 244 Å². The summed E-state index contributed by atoms with van der Waals surface area (Å²) in [6.45, 7) is 4.65. The number of carbonyl (C=O) groups excluding carboxylic acids is 1. The number of carbonyl (C=O) groups is 1. The minimum absolute atomic E-state index is 0.00535. The lowest BCUT2D eigenvalue weighted by Crippen LogP contribution is -2.45. The summed E-state index contributed by atoms with van der Waals surface area (Å²) in [6.07, 6.45) is 75.0. The van der Waals surface area contributed by atoms with E-state index in [0.29, 0.717) is 17.4 Å². The number of rotatable bonds is 59. The van der Waals surface area contributed by atoms with Crippen LogP contribution in [0, 0.1) is 0 Å². The molecule has 0 aliphatic carbocycles. The zero-order chi connectivity index (χ0) is 54.2. The Balaban J connectivity index is 4.06. The van der Waals surface area contributed by atoms with Crippen molar-refractivity contribution < 1.29 is 32.9 Å². The second-order valence-electron chi connectivity index (χ2n) is 23.1. The minimum Gasteiger partial charge on any atom is -0.756 e. The Morgan fingerprint density at radius 1 is 0.473 bits per heavy atom. The van der Waals surface area contributed by atoms with Crippen molar-refractivity contribution in [3.05, 3.63) is 48.6 Å². The van der Waals surface area contributed by atoms with Crippen molar-refractivity contribution in [2.75, 3.05) is 40.9 Å². The quantitative estimate of drug-likeness (QED) is 0.0272. The summed E-state index contributed by atoms with van der Waals surface area (Å²) >= 11 is 0. The molecule has 3 unspecified atom stereocenters. The van der Waals surface area contributed by atoms with Gasteiger partial charge in [0.2, 0.25) is 5.91 Å². The van der Waals surface area contributed by atoms with Gasteiger partial charge in [-0.2, -0.15) is 0 Å². The van der Waals surface area contributed by atoms with E-state index < -0.39 is 26.6 Å². The fourth-order valence-electron chi connectivity index (χ4n) is 9.50. The monoisotopic (exact) mass is 1060 g/mol. The first kappa shape index (κ1) is 72.5.